The number of allylic oxidation sites excluding steroid dienone is 5. The maximum Gasteiger partial charge on any atom is 0.472 e. The molecule has 0 saturated carbocycles. The van der Waals surface area contributed by atoms with Crippen LogP contribution >= 0.6 is 7.82 Å². The second-order valence-corrected chi connectivity index (χ2v) is 26.7. The van der Waals surface area contributed by atoms with Gasteiger partial charge >= 0.3 is 7.82 Å². The van der Waals surface area contributed by atoms with E-state index in [0.29, 0.717) is 17.4 Å². The summed E-state index contributed by atoms with van der Waals surface area (Å²) in [5, 5.41) is 14.0. The maximum atomic E-state index is 13.0. The Labute approximate surface area is 493 Å². The number of quaternary nitrogens is 1. The van der Waals surface area contributed by atoms with Crippen molar-refractivity contribution in [3.05, 3.63) is 36.5 Å². The van der Waals surface area contributed by atoms with E-state index in [1.807, 2.05) is 27.2 Å². The molecule has 79 heavy (non-hydrogen) atoms. The number of carbonyl (C=O) groups excluding carboxylic acids is 1. The number of nitrogens with zero attached hydrogens (tertiary/aromatic N) is 1. The molecule has 9 heteroatoms. The lowest BCUT2D eigenvalue weighted by Gasteiger charge is -2.25. The van der Waals surface area contributed by atoms with Gasteiger partial charge in [0, 0.05) is 6.42 Å². The normalized spacial score (nSPS) is 13.9. The molecule has 0 aromatic heterocycles. The summed E-state index contributed by atoms with van der Waals surface area (Å²) in [6, 6.07) is -0.869. The molecule has 0 saturated heterocycles. The minimum atomic E-state index is -4.36. The van der Waals surface area contributed by atoms with Crippen molar-refractivity contribution in [3.63, 3.8) is 0 Å². The van der Waals surface area contributed by atoms with Gasteiger partial charge in [-0.25, -0.2) is 4.57 Å². The molecule has 3 unspecified atom stereocenters. The summed E-state index contributed by atoms with van der Waals surface area (Å²) in [5.74, 6) is -0.183. The fourth-order valence-electron chi connectivity index (χ4n) is 10.7. The molecule has 0 heterocycles. The Hall–Kier alpha value is -1.28. The number of phosphoric acid groups is 1. The summed E-state index contributed by atoms with van der Waals surface area (Å²) in [5.41, 5.74) is 0. The van der Waals surface area contributed by atoms with Crippen molar-refractivity contribution in [2.45, 2.75) is 366 Å². The molecular weight excluding hydrogens is 996 g/mol. The highest BCUT2D eigenvalue weighted by Crippen LogP contribution is 2.43. The fourth-order valence-corrected chi connectivity index (χ4v) is 11.4. The number of aliphatic hydroxyl groups excluding tert-OH is 1. The number of phosphoric ester groups is 1. The lowest BCUT2D eigenvalue weighted by molar-refractivity contribution is -0.870. The number of rotatable bonds is 65. The first-order valence-electron chi connectivity index (χ1n) is 34.9. The second-order valence-electron chi connectivity index (χ2n) is 25.3. The third-order valence-corrected chi connectivity index (χ3v) is 17.1. The van der Waals surface area contributed by atoms with Crippen molar-refractivity contribution in [2.75, 3.05) is 40.9 Å². The van der Waals surface area contributed by atoms with Crippen molar-refractivity contribution in [2.24, 2.45) is 0 Å². The Morgan fingerprint density at radius 3 is 1.01 bits per heavy atom. The van der Waals surface area contributed by atoms with Crippen molar-refractivity contribution in [1.29, 1.82) is 0 Å². The van der Waals surface area contributed by atoms with E-state index in [4.69, 9.17) is 9.05 Å². The zero-order valence-electron chi connectivity index (χ0n) is 53.6. The molecule has 0 bridgehead atoms. The van der Waals surface area contributed by atoms with Crippen LogP contribution in [0.1, 0.15) is 354 Å². The Balaban J connectivity index is 4.11. The summed E-state index contributed by atoms with van der Waals surface area (Å²) in [6.45, 7) is 4.85. The highest BCUT2D eigenvalue weighted by molar-refractivity contribution is 7.47. The minimum Gasteiger partial charge on any atom is -0.387 e. The van der Waals surface area contributed by atoms with E-state index in [1.165, 1.54) is 289 Å². The van der Waals surface area contributed by atoms with Gasteiger partial charge in [-0.2, -0.15) is 0 Å². The van der Waals surface area contributed by atoms with Crippen LogP contribution in [0.4, 0.5) is 0 Å². The van der Waals surface area contributed by atoms with E-state index in [2.05, 4.69) is 43.5 Å². The van der Waals surface area contributed by atoms with Gasteiger partial charge in [-0.1, -0.05) is 339 Å². The van der Waals surface area contributed by atoms with Crippen LogP contribution in [0.2, 0.25) is 0 Å². The Morgan fingerprint density at radius 1 is 0.418 bits per heavy atom. The SMILES string of the molecule is CCCCCCCCCCCCCCCCCCCCCCC/C=C/CC/C=C/CC/C=C/C(O)C(COP(=O)(O)OCC[N+](C)(C)C)NC(=O)CCCCCCCCCCCCCCCCCCCCCCCCCCCC. The van der Waals surface area contributed by atoms with Crippen LogP contribution in [0.3, 0.4) is 0 Å². The van der Waals surface area contributed by atoms with Crippen molar-refractivity contribution < 1.29 is 32.9 Å². The molecule has 0 aliphatic carbocycles. The molecule has 0 spiro atoms. The molecule has 0 aliphatic rings. The molecule has 0 rings (SSSR count). The lowest BCUT2D eigenvalue weighted by atomic mass is 10.0. The number of aliphatic hydroxyl groups is 1. The third kappa shape index (κ3) is 64.1. The number of nitrogens with one attached hydrogen (secondary N) is 1. The molecule has 3 N–H and O–H groups in total. The van der Waals surface area contributed by atoms with Crippen molar-refractivity contribution >= 4 is 13.7 Å². The number of unbranched alkanes of at least 4 members (excludes halogenated alkanes) is 48. The van der Waals surface area contributed by atoms with Gasteiger partial charge in [0.05, 0.1) is 39.9 Å². The van der Waals surface area contributed by atoms with Gasteiger partial charge in [-0.15, -0.1) is 0 Å². The van der Waals surface area contributed by atoms with Gasteiger partial charge in [-0.3, -0.25) is 13.8 Å². The first kappa shape index (κ1) is 77.7. The van der Waals surface area contributed by atoms with Crippen molar-refractivity contribution in [3.8, 4) is 0 Å². The highest BCUT2D eigenvalue weighted by Gasteiger charge is 2.28. The van der Waals surface area contributed by atoms with Crippen LogP contribution in [-0.4, -0.2) is 73.4 Å². The molecule has 3 atom stereocenters. The summed E-state index contributed by atoms with van der Waals surface area (Å²) in [7, 11) is 1.56. The number of likely N-dealkylation sites (N-methyl/N-ethyl adjacent to an activating group) is 1. The van der Waals surface area contributed by atoms with Crippen LogP contribution < -0.4 is 5.32 Å². The highest BCUT2D eigenvalue weighted by atomic mass is 31.2. The molecule has 0 radical (unpaired) electrons. The number of hydrogen-bond donors (Lipinski definition) is 3. The molecule has 0 fully saturated rings. The molecule has 468 valence electrons. The second kappa shape index (κ2) is 61.3. The smallest absolute Gasteiger partial charge is 0.387 e. The summed E-state index contributed by atoms with van der Waals surface area (Å²) >= 11 is 0. The Kier molecular flexibility index (Phi) is 60.3. The third-order valence-electron chi connectivity index (χ3n) is 16.1. The predicted octanol–water partition coefficient (Wildman–Crippen LogP) is 22.1. The van der Waals surface area contributed by atoms with Gasteiger partial charge in [0.25, 0.3) is 0 Å². The average Bonchev–Trinajstić information content (AvgIpc) is 3.42. The van der Waals surface area contributed by atoms with Crippen LogP contribution in [0, 0.1) is 0 Å². The number of hydrogen-bond acceptors (Lipinski definition) is 5. The van der Waals surface area contributed by atoms with Crippen LogP contribution in [0.25, 0.3) is 0 Å². The predicted molar refractivity (Wildman–Crippen MR) is 346 cm³/mol. The van der Waals surface area contributed by atoms with Gasteiger partial charge in [0.2, 0.25) is 5.91 Å². The van der Waals surface area contributed by atoms with E-state index in [1.54, 1.807) is 6.08 Å². The van der Waals surface area contributed by atoms with Crippen LogP contribution in [0.15, 0.2) is 36.5 Å². The molecule has 0 aromatic rings. The largest absolute Gasteiger partial charge is 0.472 e. The minimum absolute atomic E-state index is 0.0554. The lowest BCUT2D eigenvalue weighted by Crippen LogP contribution is -2.45. The fraction of sp³-hybridized carbons (Fsp3) is 0.900. The molecule has 0 aromatic carbocycles. The van der Waals surface area contributed by atoms with Crippen LogP contribution in [-0.2, 0) is 18.4 Å². The topological polar surface area (TPSA) is 105 Å². The Morgan fingerprint density at radius 2 is 0.696 bits per heavy atom. The first-order valence-corrected chi connectivity index (χ1v) is 36.4. The summed E-state index contributed by atoms with van der Waals surface area (Å²) in [6.07, 6.45) is 81.6. The van der Waals surface area contributed by atoms with Gasteiger partial charge in [0.1, 0.15) is 13.2 Å². The van der Waals surface area contributed by atoms with E-state index >= 15 is 0 Å². The van der Waals surface area contributed by atoms with Crippen molar-refractivity contribution in [1.82, 2.24) is 5.32 Å². The zero-order valence-corrected chi connectivity index (χ0v) is 54.5. The van der Waals surface area contributed by atoms with E-state index < -0.39 is 20.0 Å². The van der Waals surface area contributed by atoms with Crippen LogP contribution in [0.5, 0.6) is 0 Å². The number of amides is 1. The molecule has 0 aliphatic heterocycles. The van der Waals surface area contributed by atoms with Gasteiger partial charge < -0.3 is 19.8 Å². The Bertz CT molecular complexity index is 1380. The molecule has 8 nitrogen and oxygen atoms in total. The van der Waals surface area contributed by atoms with E-state index in [-0.39, 0.29) is 19.1 Å². The number of carbonyl (C=O) groups is 1. The first-order chi connectivity index (χ1) is 38.5. The maximum absolute atomic E-state index is 13.0. The quantitative estimate of drug-likeness (QED) is 0.0243. The summed E-state index contributed by atoms with van der Waals surface area (Å²) in [4.78, 5) is 23.4. The standard InChI is InChI=1S/C70H137N2O6P/c1-6-8-10-12-14-16-18-20-22-24-26-28-30-32-34-35-36-37-38-39-41-43-45-47-49-51-53-55-57-59-61-63-69(73)68(67-78-79(75,76)77-66-65-72(3,4)5)71-70(74)64-62-60-58-56-54-52-50-48-46-44-42-40-33-31-29-27-25-23-21-19-17-15-13-11-9-7-2/h45,47,53,55,61,63,68-69,73H,6-44,46,48-52,54,56-60,62,64-67H2,1-5H3,(H-,71,74,75,76)/p+1/b47-45+,55-53+,63-61+. The van der Waals surface area contributed by atoms with E-state index in [0.717, 1.165) is 44.9 Å². The van der Waals surface area contributed by atoms with E-state index in [9.17, 15) is 19.4 Å². The molecular formula is C70H138N2O6P+. The van der Waals surface area contributed by atoms with Gasteiger partial charge in [-0.05, 0) is 44.9 Å². The zero-order chi connectivity index (χ0) is 57.7. The average molecular weight is 1130 g/mol. The van der Waals surface area contributed by atoms with Gasteiger partial charge in [0.15, 0.2) is 0 Å². The molecule has 1 amide bonds. The summed E-state index contributed by atoms with van der Waals surface area (Å²) < 4.78 is 23.8. The monoisotopic (exact) mass is 1130 g/mol.